The Bertz CT molecular complexity index is 479. The third kappa shape index (κ3) is 4.54. The Morgan fingerprint density at radius 2 is 2.16 bits per heavy atom. The molecule has 1 aromatic rings. The van der Waals surface area contributed by atoms with Crippen molar-refractivity contribution in [2.24, 2.45) is 0 Å². The Balaban J connectivity index is 2.81. The van der Waals surface area contributed by atoms with Crippen molar-refractivity contribution < 1.29 is 19.1 Å². The average molecular weight is 265 g/mol. The highest BCUT2D eigenvalue weighted by atomic mass is 19.1. The smallest absolute Gasteiger partial charge is 0.326 e. The van der Waals surface area contributed by atoms with Gasteiger partial charge < -0.3 is 10.4 Å². The topological polar surface area (TPSA) is 66.4 Å². The number of halogens is 1. The molecule has 0 saturated carbocycles. The van der Waals surface area contributed by atoms with Crippen LogP contribution in [0.3, 0.4) is 0 Å². The molecule has 0 aliphatic carbocycles. The molecule has 2 N–H and O–H groups in total. The predicted molar refractivity (Wildman–Crippen MR) is 69.5 cm³/mol. The van der Waals surface area contributed by atoms with Crippen LogP contribution in [0.25, 0.3) is 0 Å². The molecule has 0 aromatic heterocycles. The fraction of sp³-hybridized carbons (Fsp3) is 0.286. The normalized spacial score (nSPS) is 11.7. The molecule has 102 valence electrons. The van der Waals surface area contributed by atoms with Gasteiger partial charge in [-0.2, -0.15) is 0 Å². The summed E-state index contributed by atoms with van der Waals surface area (Å²) >= 11 is 0. The Hall–Kier alpha value is -2.17. The van der Waals surface area contributed by atoms with Crippen LogP contribution >= 0.6 is 0 Å². The predicted octanol–water partition coefficient (Wildman–Crippen LogP) is 2.28. The monoisotopic (exact) mass is 265 g/mol. The van der Waals surface area contributed by atoms with E-state index in [2.05, 4.69) is 11.9 Å². The number of carboxylic acid groups (broad SMARTS) is 1. The molecule has 0 heterocycles. The first-order valence-corrected chi connectivity index (χ1v) is 5.85. The van der Waals surface area contributed by atoms with E-state index in [4.69, 9.17) is 5.11 Å². The van der Waals surface area contributed by atoms with Crippen molar-refractivity contribution in [3.05, 3.63) is 47.8 Å². The number of hydrogen-bond acceptors (Lipinski definition) is 2. The molecule has 4 nitrogen and oxygen atoms in total. The number of allylic oxidation sites excluding steroid dienone is 1. The van der Waals surface area contributed by atoms with E-state index in [-0.39, 0.29) is 12.0 Å². The second-order valence-corrected chi connectivity index (χ2v) is 4.25. The maximum atomic E-state index is 13.2. The summed E-state index contributed by atoms with van der Waals surface area (Å²) in [6.07, 6.45) is 2.30. The lowest BCUT2D eigenvalue weighted by Gasteiger charge is -2.13. The van der Waals surface area contributed by atoms with E-state index < -0.39 is 23.7 Å². The molecule has 5 heteroatoms. The Labute approximate surface area is 110 Å². The highest BCUT2D eigenvalue weighted by Crippen LogP contribution is 2.09. The highest BCUT2D eigenvalue weighted by molar-refractivity contribution is 5.96. The quantitative estimate of drug-likeness (QED) is 0.775. The van der Waals surface area contributed by atoms with Crippen LogP contribution in [-0.2, 0) is 4.79 Å². The summed E-state index contributed by atoms with van der Waals surface area (Å²) < 4.78 is 13.2. The van der Waals surface area contributed by atoms with E-state index in [9.17, 15) is 14.0 Å². The van der Waals surface area contributed by atoms with Gasteiger partial charge in [0.15, 0.2) is 0 Å². The molecular weight excluding hydrogens is 249 g/mol. The third-order valence-electron chi connectivity index (χ3n) is 2.57. The van der Waals surface area contributed by atoms with Crippen molar-refractivity contribution in [2.75, 3.05) is 0 Å². The fourth-order valence-electron chi connectivity index (χ4n) is 1.65. The Morgan fingerprint density at radius 1 is 1.47 bits per heavy atom. The SMILES string of the molecule is C=CCCC(NC(=O)c1cc(C)cc(F)c1)C(=O)O. The summed E-state index contributed by atoms with van der Waals surface area (Å²) in [5, 5.41) is 11.4. The zero-order valence-corrected chi connectivity index (χ0v) is 10.6. The number of amides is 1. The maximum absolute atomic E-state index is 13.2. The number of carboxylic acids is 1. The fourth-order valence-corrected chi connectivity index (χ4v) is 1.65. The number of carbonyl (C=O) groups excluding carboxylic acids is 1. The van der Waals surface area contributed by atoms with Gasteiger partial charge in [0.05, 0.1) is 0 Å². The number of hydrogen-bond donors (Lipinski definition) is 2. The van der Waals surface area contributed by atoms with Gasteiger partial charge in [0.1, 0.15) is 11.9 Å². The largest absolute Gasteiger partial charge is 0.480 e. The third-order valence-corrected chi connectivity index (χ3v) is 2.57. The minimum Gasteiger partial charge on any atom is -0.480 e. The number of rotatable bonds is 6. The molecule has 0 bridgehead atoms. The van der Waals surface area contributed by atoms with E-state index in [1.54, 1.807) is 13.0 Å². The van der Waals surface area contributed by atoms with Crippen LogP contribution in [0.4, 0.5) is 4.39 Å². The van der Waals surface area contributed by atoms with Crippen LogP contribution < -0.4 is 5.32 Å². The molecule has 0 aliphatic heterocycles. The zero-order valence-electron chi connectivity index (χ0n) is 10.6. The van der Waals surface area contributed by atoms with Gasteiger partial charge in [-0.15, -0.1) is 6.58 Å². The molecule has 0 aliphatic rings. The van der Waals surface area contributed by atoms with Crippen LogP contribution in [-0.4, -0.2) is 23.0 Å². The van der Waals surface area contributed by atoms with Gasteiger partial charge in [-0.05, 0) is 43.5 Å². The number of aliphatic carboxylic acids is 1. The number of nitrogens with one attached hydrogen (secondary N) is 1. The average Bonchev–Trinajstić information content (AvgIpc) is 2.32. The van der Waals surface area contributed by atoms with Crippen LogP contribution in [0.15, 0.2) is 30.9 Å². The number of benzene rings is 1. The zero-order chi connectivity index (χ0) is 14.4. The number of aryl methyl sites for hydroxylation is 1. The van der Waals surface area contributed by atoms with Crippen LogP contribution in [0.1, 0.15) is 28.8 Å². The molecule has 0 fully saturated rings. The molecule has 0 spiro atoms. The van der Waals surface area contributed by atoms with Crippen molar-refractivity contribution in [3.8, 4) is 0 Å². The van der Waals surface area contributed by atoms with Crippen LogP contribution in [0.5, 0.6) is 0 Å². The highest BCUT2D eigenvalue weighted by Gasteiger charge is 2.20. The molecule has 1 rings (SSSR count). The minimum absolute atomic E-state index is 0.113. The molecule has 1 aromatic carbocycles. The number of carbonyl (C=O) groups is 2. The van der Waals surface area contributed by atoms with Crippen LogP contribution in [0.2, 0.25) is 0 Å². The molecule has 0 saturated heterocycles. The lowest BCUT2D eigenvalue weighted by Crippen LogP contribution is -2.40. The molecule has 0 radical (unpaired) electrons. The summed E-state index contributed by atoms with van der Waals surface area (Å²) in [7, 11) is 0. The van der Waals surface area contributed by atoms with E-state index in [1.807, 2.05) is 0 Å². The second kappa shape index (κ2) is 6.68. The second-order valence-electron chi connectivity index (χ2n) is 4.25. The van der Waals surface area contributed by atoms with E-state index >= 15 is 0 Å². The van der Waals surface area contributed by atoms with Crippen molar-refractivity contribution in [1.82, 2.24) is 5.32 Å². The van der Waals surface area contributed by atoms with Gasteiger partial charge in [-0.25, -0.2) is 9.18 Å². The Kier molecular flexibility index (Phi) is 5.23. The van der Waals surface area contributed by atoms with Gasteiger partial charge >= 0.3 is 5.97 Å². The van der Waals surface area contributed by atoms with Gasteiger partial charge in [-0.3, -0.25) is 4.79 Å². The van der Waals surface area contributed by atoms with E-state index in [0.29, 0.717) is 12.0 Å². The van der Waals surface area contributed by atoms with Gasteiger partial charge in [0.25, 0.3) is 5.91 Å². The van der Waals surface area contributed by atoms with Crippen molar-refractivity contribution >= 4 is 11.9 Å². The molecule has 1 atom stereocenters. The van der Waals surface area contributed by atoms with E-state index in [1.165, 1.54) is 12.1 Å². The van der Waals surface area contributed by atoms with Gasteiger partial charge in [0.2, 0.25) is 0 Å². The van der Waals surface area contributed by atoms with Crippen molar-refractivity contribution in [1.29, 1.82) is 0 Å². The summed E-state index contributed by atoms with van der Waals surface area (Å²) in [6, 6.07) is 2.87. The first-order chi connectivity index (χ1) is 8.93. The lowest BCUT2D eigenvalue weighted by molar-refractivity contribution is -0.139. The lowest BCUT2D eigenvalue weighted by atomic mass is 10.1. The maximum Gasteiger partial charge on any atom is 0.326 e. The standard InChI is InChI=1S/C14H16FNO3/c1-3-4-5-12(14(18)19)16-13(17)10-6-9(2)7-11(15)8-10/h3,6-8,12H,1,4-5H2,2H3,(H,16,17)(H,18,19). The molecular formula is C14H16FNO3. The van der Waals surface area contributed by atoms with Crippen molar-refractivity contribution in [3.63, 3.8) is 0 Å². The molecule has 19 heavy (non-hydrogen) atoms. The minimum atomic E-state index is -1.12. The first-order valence-electron chi connectivity index (χ1n) is 5.85. The first kappa shape index (κ1) is 14.9. The van der Waals surface area contributed by atoms with E-state index in [0.717, 1.165) is 6.07 Å². The van der Waals surface area contributed by atoms with Crippen LogP contribution in [0, 0.1) is 12.7 Å². The summed E-state index contributed by atoms with van der Waals surface area (Å²) in [5.41, 5.74) is 0.713. The summed E-state index contributed by atoms with van der Waals surface area (Å²) in [6.45, 7) is 5.16. The summed E-state index contributed by atoms with van der Waals surface area (Å²) in [5.74, 6) is -2.24. The molecule has 1 amide bonds. The Morgan fingerprint density at radius 3 is 2.68 bits per heavy atom. The van der Waals surface area contributed by atoms with Crippen molar-refractivity contribution in [2.45, 2.75) is 25.8 Å². The van der Waals surface area contributed by atoms with Gasteiger partial charge in [0, 0.05) is 5.56 Å². The summed E-state index contributed by atoms with van der Waals surface area (Å²) in [4.78, 5) is 22.8. The molecule has 1 unspecified atom stereocenters. The van der Waals surface area contributed by atoms with Gasteiger partial charge in [-0.1, -0.05) is 6.08 Å².